The van der Waals surface area contributed by atoms with Gasteiger partial charge in [0.05, 0.1) is 24.8 Å². The molecule has 4 nitrogen and oxygen atoms in total. The highest BCUT2D eigenvalue weighted by Gasteiger charge is 2.41. The second-order valence-electron chi connectivity index (χ2n) is 5.94. The Labute approximate surface area is 131 Å². The van der Waals surface area contributed by atoms with Crippen LogP contribution in [0.2, 0.25) is 0 Å². The molecule has 2 saturated heterocycles. The van der Waals surface area contributed by atoms with E-state index in [9.17, 15) is 9.18 Å². The third-order valence-electron chi connectivity index (χ3n) is 4.38. The summed E-state index contributed by atoms with van der Waals surface area (Å²) in [6.45, 7) is 0.453. The fourth-order valence-electron chi connectivity index (χ4n) is 3.33. The summed E-state index contributed by atoms with van der Waals surface area (Å²) in [7, 11) is 0. The van der Waals surface area contributed by atoms with Crippen LogP contribution in [0.1, 0.15) is 24.1 Å². The number of thiophene rings is 1. The molecule has 6 heteroatoms. The Hall–Kier alpha value is -1.66. The van der Waals surface area contributed by atoms with Crippen LogP contribution in [0.4, 0.5) is 9.18 Å². The van der Waals surface area contributed by atoms with E-state index < -0.39 is 0 Å². The number of carbonyl (C=O) groups is 1. The standard InChI is InChI=1S/C16H17FN2O2S/c17-10-1-4-15-9(5-10)6-12(22-15)8-18-16(20)19-13-7-11-2-3-14(13)21-11/h1,4-6,11,13-14H,2-3,7-8H2,(H2,18,19,20). The topological polar surface area (TPSA) is 50.4 Å². The molecule has 0 radical (unpaired) electrons. The molecular weight excluding hydrogens is 303 g/mol. The largest absolute Gasteiger partial charge is 0.373 e. The minimum atomic E-state index is -0.237. The van der Waals surface area contributed by atoms with E-state index in [0.717, 1.165) is 34.2 Å². The Morgan fingerprint density at radius 1 is 1.36 bits per heavy atom. The molecule has 2 amide bonds. The molecule has 2 bridgehead atoms. The van der Waals surface area contributed by atoms with Gasteiger partial charge in [-0.3, -0.25) is 0 Å². The predicted octanol–water partition coefficient (Wildman–Crippen LogP) is 3.16. The van der Waals surface area contributed by atoms with E-state index in [1.165, 1.54) is 12.1 Å². The molecule has 2 aliphatic heterocycles. The quantitative estimate of drug-likeness (QED) is 0.913. The number of ether oxygens (including phenoxy) is 1. The Morgan fingerprint density at radius 2 is 2.27 bits per heavy atom. The summed E-state index contributed by atoms with van der Waals surface area (Å²) >= 11 is 1.57. The number of hydrogen-bond donors (Lipinski definition) is 2. The first-order valence-corrected chi connectivity index (χ1v) is 8.37. The van der Waals surface area contributed by atoms with Crippen LogP contribution >= 0.6 is 11.3 Å². The van der Waals surface area contributed by atoms with E-state index in [2.05, 4.69) is 10.6 Å². The molecule has 1 aromatic carbocycles. The summed E-state index contributed by atoms with van der Waals surface area (Å²) in [6.07, 6.45) is 3.58. The van der Waals surface area contributed by atoms with Crippen LogP contribution < -0.4 is 10.6 Å². The van der Waals surface area contributed by atoms with Crippen molar-refractivity contribution in [1.29, 1.82) is 0 Å². The van der Waals surface area contributed by atoms with Gasteiger partial charge in [-0.05, 0) is 48.9 Å². The van der Waals surface area contributed by atoms with Crippen molar-refractivity contribution in [3.63, 3.8) is 0 Å². The molecule has 3 heterocycles. The SMILES string of the molecule is O=C(NCc1cc2cc(F)ccc2s1)NC1CC2CCC1O2. The summed E-state index contributed by atoms with van der Waals surface area (Å²) in [6, 6.07) is 6.63. The van der Waals surface area contributed by atoms with Crippen molar-refractivity contribution in [2.75, 3.05) is 0 Å². The van der Waals surface area contributed by atoms with E-state index in [-0.39, 0.29) is 24.0 Å². The number of rotatable bonds is 3. The van der Waals surface area contributed by atoms with Crippen molar-refractivity contribution in [3.8, 4) is 0 Å². The fourth-order valence-corrected chi connectivity index (χ4v) is 4.32. The Balaban J connectivity index is 1.34. The van der Waals surface area contributed by atoms with Gasteiger partial charge in [-0.25, -0.2) is 9.18 Å². The molecule has 3 unspecified atom stereocenters. The molecule has 116 valence electrons. The summed E-state index contributed by atoms with van der Waals surface area (Å²) in [5.41, 5.74) is 0. The van der Waals surface area contributed by atoms with Crippen LogP contribution in [0, 0.1) is 5.82 Å². The highest BCUT2D eigenvalue weighted by atomic mass is 32.1. The fraction of sp³-hybridized carbons (Fsp3) is 0.438. The van der Waals surface area contributed by atoms with Crippen LogP contribution in [0.15, 0.2) is 24.3 Å². The maximum absolute atomic E-state index is 13.2. The second kappa shape index (κ2) is 5.52. The molecule has 4 rings (SSSR count). The van der Waals surface area contributed by atoms with Crippen molar-refractivity contribution in [3.05, 3.63) is 35.0 Å². The average Bonchev–Trinajstić information content (AvgIpc) is 3.18. The van der Waals surface area contributed by atoms with Crippen LogP contribution in [0.5, 0.6) is 0 Å². The van der Waals surface area contributed by atoms with Gasteiger partial charge in [0.2, 0.25) is 0 Å². The number of halogens is 1. The molecule has 2 aromatic rings. The van der Waals surface area contributed by atoms with Crippen LogP contribution in [0.25, 0.3) is 10.1 Å². The first-order chi connectivity index (χ1) is 10.7. The normalized spacial score (nSPS) is 26.5. The lowest BCUT2D eigenvalue weighted by atomic mass is 9.96. The van der Waals surface area contributed by atoms with E-state index in [1.807, 2.05) is 6.07 Å². The molecule has 0 saturated carbocycles. The number of benzene rings is 1. The maximum Gasteiger partial charge on any atom is 0.315 e. The number of hydrogen-bond acceptors (Lipinski definition) is 3. The summed E-state index contributed by atoms with van der Waals surface area (Å²) in [4.78, 5) is 13.0. The summed E-state index contributed by atoms with van der Waals surface area (Å²) in [5.74, 6) is -0.237. The molecular formula is C16H17FN2O2S. The second-order valence-corrected chi connectivity index (χ2v) is 7.11. The number of urea groups is 1. The zero-order valence-corrected chi connectivity index (χ0v) is 12.8. The number of nitrogens with one attached hydrogen (secondary N) is 2. The van der Waals surface area contributed by atoms with E-state index in [4.69, 9.17) is 4.74 Å². The number of fused-ring (bicyclic) bond motifs is 3. The lowest BCUT2D eigenvalue weighted by molar-refractivity contribution is 0.0981. The third kappa shape index (κ3) is 2.68. The highest BCUT2D eigenvalue weighted by Crippen LogP contribution is 2.34. The molecule has 2 fully saturated rings. The van der Waals surface area contributed by atoms with Crippen LogP contribution in [-0.2, 0) is 11.3 Å². The average molecular weight is 320 g/mol. The van der Waals surface area contributed by atoms with E-state index in [0.29, 0.717) is 12.6 Å². The van der Waals surface area contributed by atoms with Crippen molar-refractivity contribution in [2.24, 2.45) is 0 Å². The molecule has 0 aliphatic carbocycles. The zero-order valence-electron chi connectivity index (χ0n) is 12.0. The van der Waals surface area contributed by atoms with Gasteiger partial charge >= 0.3 is 6.03 Å². The Bertz CT molecular complexity index is 717. The van der Waals surface area contributed by atoms with Gasteiger partial charge in [0.1, 0.15) is 5.82 Å². The predicted molar refractivity (Wildman–Crippen MR) is 83.5 cm³/mol. The molecule has 0 spiro atoms. The van der Waals surface area contributed by atoms with Crippen molar-refractivity contribution < 1.29 is 13.9 Å². The van der Waals surface area contributed by atoms with Gasteiger partial charge in [-0.2, -0.15) is 0 Å². The first-order valence-electron chi connectivity index (χ1n) is 7.55. The minimum absolute atomic E-state index is 0.134. The van der Waals surface area contributed by atoms with Gasteiger partial charge in [-0.1, -0.05) is 0 Å². The molecule has 1 aromatic heterocycles. The first kappa shape index (κ1) is 14.0. The molecule has 3 atom stereocenters. The van der Waals surface area contributed by atoms with Crippen molar-refractivity contribution >= 4 is 27.5 Å². The van der Waals surface area contributed by atoms with E-state index in [1.54, 1.807) is 17.4 Å². The Kier molecular flexibility index (Phi) is 3.50. The highest BCUT2D eigenvalue weighted by molar-refractivity contribution is 7.19. The smallest absolute Gasteiger partial charge is 0.315 e. The van der Waals surface area contributed by atoms with Gasteiger partial charge in [0, 0.05) is 9.58 Å². The lowest BCUT2D eigenvalue weighted by Gasteiger charge is -2.20. The number of amides is 2. The minimum Gasteiger partial charge on any atom is -0.373 e. The monoisotopic (exact) mass is 320 g/mol. The number of carbonyl (C=O) groups excluding carboxylic acids is 1. The third-order valence-corrected chi connectivity index (χ3v) is 5.49. The lowest BCUT2D eigenvalue weighted by Crippen LogP contribution is -2.46. The molecule has 2 N–H and O–H groups in total. The maximum atomic E-state index is 13.2. The summed E-state index contributed by atoms with van der Waals surface area (Å²) in [5, 5.41) is 6.74. The van der Waals surface area contributed by atoms with Crippen LogP contribution in [-0.4, -0.2) is 24.3 Å². The van der Waals surface area contributed by atoms with Gasteiger partial charge < -0.3 is 15.4 Å². The van der Waals surface area contributed by atoms with E-state index >= 15 is 0 Å². The summed E-state index contributed by atoms with van der Waals surface area (Å²) < 4.78 is 19.9. The van der Waals surface area contributed by atoms with Crippen molar-refractivity contribution in [1.82, 2.24) is 10.6 Å². The van der Waals surface area contributed by atoms with Gasteiger partial charge in [0.25, 0.3) is 0 Å². The van der Waals surface area contributed by atoms with Crippen molar-refractivity contribution in [2.45, 2.75) is 44.1 Å². The molecule has 22 heavy (non-hydrogen) atoms. The van der Waals surface area contributed by atoms with Gasteiger partial charge in [0.15, 0.2) is 0 Å². The Morgan fingerprint density at radius 3 is 3.05 bits per heavy atom. The zero-order chi connectivity index (χ0) is 15.1. The van der Waals surface area contributed by atoms with Crippen LogP contribution in [0.3, 0.4) is 0 Å². The molecule has 2 aliphatic rings. The van der Waals surface area contributed by atoms with Gasteiger partial charge in [-0.15, -0.1) is 11.3 Å².